The van der Waals surface area contributed by atoms with Crippen LogP contribution in [0.5, 0.6) is 0 Å². The molecule has 1 aliphatic rings. The van der Waals surface area contributed by atoms with Crippen molar-refractivity contribution >= 4 is 34.4 Å². The molecule has 0 fully saturated rings. The zero-order valence-corrected chi connectivity index (χ0v) is 15.4. The van der Waals surface area contributed by atoms with Crippen LogP contribution in [0.3, 0.4) is 0 Å². The highest BCUT2D eigenvalue weighted by Gasteiger charge is 2.44. The molecule has 2 aromatic carbocycles. The molecule has 8 heteroatoms. The van der Waals surface area contributed by atoms with Crippen molar-refractivity contribution < 1.29 is 13.6 Å². The fourth-order valence-electron chi connectivity index (χ4n) is 3.56. The van der Waals surface area contributed by atoms with Gasteiger partial charge in [0.05, 0.1) is 17.0 Å². The topological polar surface area (TPSA) is 76.3 Å². The summed E-state index contributed by atoms with van der Waals surface area (Å²) in [5.41, 5.74) is 0.324. The van der Waals surface area contributed by atoms with Gasteiger partial charge in [-0.05, 0) is 42.0 Å². The number of carbonyl (C=O) groups is 1. The Labute approximate surface area is 168 Å². The van der Waals surface area contributed by atoms with E-state index in [1.165, 1.54) is 29.4 Å². The molecular weight excluding hydrogens is 397 g/mol. The number of rotatable bonds is 2. The van der Waals surface area contributed by atoms with E-state index in [1.54, 1.807) is 30.3 Å². The summed E-state index contributed by atoms with van der Waals surface area (Å²) in [5.74, 6) is -1.13. The molecule has 1 atom stereocenters. The average molecular weight is 408 g/mol. The Balaban J connectivity index is 1.84. The Kier molecular flexibility index (Phi) is 3.92. The monoisotopic (exact) mass is 407 g/mol. The molecule has 0 aliphatic carbocycles. The zero-order valence-electron chi connectivity index (χ0n) is 14.7. The predicted molar refractivity (Wildman–Crippen MR) is 105 cm³/mol. The molecule has 1 unspecified atom stereocenters. The van der Waals surface area contributed by atoms with Crippen molar-refractivity contribution in [1.29, 1.82) is 0 Å². The first-order chi connectivity index (χ1) is 14.0. The third-order valence-corrected chi connectivity index (χ3v) is 5.00. The van der Waals surface area contributed by atoms with E-state index in [2.05, 4.69) is 9.97 Å². The lowest BCUT2D eigenvalue weighted by atomic mass is 9.98. The first kappa shape index (κ1) is 17.5. The minimum atomic E-state index is -0.859. The van der Waals surface area contributed by atoms with Crippen molar-refractivity contribution in [1.82, 2.24) is 9.97 Å². The molecule has 0 saturated carbocycles. The average Bonchev–Trinajstić information content (AvgIpc) is 3.02. The minimum absolute atomic E-state index is 0.0550. The van der Waals surface area contributed by atoms with Gasteiger partial charge in [0.2, 0.25) is 11.7 Å². The predicted octanol–water partition coefficient (Wildman–Crippen LogP) is 4.13. The largest absolute Gasteiger partial charge is 0.450 e. The Hall–Kier alpha value is -3.58. The third-order valence-electron chi connectivity index (χ3n) is 4.76. The second-order valence-corrected chi connectivity index (χ2v) is 6.93. The van der Waals surface area contributed by atoms with Crippen molar-refractivity contribution in [3.63, 3.8) is 0 Å². The number of anilines is 1. The first-order valence-corrected chi connectivity index (χ1v) is 9.04. The van der Waals surface area contributed by atoms with E-state index < -0.39 is 23.2 Å². The number of halogens is 2. The molecule has 1 amide bonds. The number of benzene rings is 2. The van der Waals surface area contributed by atoms with Crippen LogP contribution in [0.15, 0.2) is 70.1 Å². The Morgan fingerprint density at radius 2 is 1.83 bits per heavy atom. The van der Waals surface area contributed by atoms with Crippen LogP contribution in [-0.4, -0.2) is 15.9 Å². The molecule has 0 saturated heterocycles. The lowest BCUT2D eigenvalue weighted by Crippen LogP contribution is -2.31. The van der Waals surface area contributed by atoms with Crippen LogP contribution >= 0.6 is 11.6 Å². The van der Waals surface area contributed by atoms with E-state index in [0.717, 1.165) is 6.07 Å². The van der Waals surface area contributed by atoms with E-state index in [9.17, 15) is 14.0 Å². The van der Waals surface area contributed by atoms with Gasteiger partial charge in [0.25, 0.3) is 5.91 Å². The maximum Gasteiger partial charge on any atom is 0.297 e. The quantitative estimate of drug-likeness (QED) is 0.499. The normalized spacial score (nSPS) is 15.7. The molecule has 6 nitrogen and oxygen atoms in total. The van der Waals surface area contributed by atoms with E-state index in [1.807, 2.05) is 0 Å². The Bertz CT molecular complexity index is 1340. The number of amides is 1. The summed E-state index contributed by atoms with van der Waals surface area (Å²) < 4.78 is 19.5. The van der Waals surface area contributed by atoms with Crippen LogP contribution in [0.2, 0.25) is 5.02 Å². The summed E-state index contributed by atoms with van der Waals surface area (Å²) in [6, 6.07) is 11.1. The summed E-state index contributed by atoms with van der Waals surface area (Å²) in [4.78, 5) is 36.1. The minimum Gasteiger partial charge on any atom is -0.450 e. The van der Waals surface area contributed by atoms with Crippen molar-refractivity contribution in [2.45, 2.75) is 6.04 Å². The highest BCUT2D eigenvalue weighted by molar-refractivity contribution is 6.30. The maximum absolute atomic E-state index is 13.8. The summed E-state index contributed by atoms with van der Waals surface area (Å²) in [6.07, 6.45) is 2.99. The number of hydrogen-bond acceptors (Lipinski definition) is 5. The number of fused-ring (bicyclic) bond motifs is 2. The van der Waals surface area contributed by atoms with Crippen LogP contribution in [0.25, 0.3) is 11.0 Å². The van der Waals surface area contributed by atoms with Gasteiger partial charge in [-0.25, -0.2) is 14.4 Å². The second-order valence-electron chi connectivity index (χ2n) is 6.50. The van der Waals surface area contributed by atoms with Crippen LogP contribution in [0.1, 0.15) is 27.7 Å². The summed E-state index contributed by atoms with van der Waals surface area (Å²) in [5, 5.41) is 0.493. The van der Waals surface area contributed by atoms with Gasteiger partial charge in [0, 0.05) is 17.4 Å². The van der Waals surface area contributed by atoms with Crippen molar-refractivity contribution in [2.24, 2.45) is 0 Å². The van der Waals surface area contributed by atoms with Gasteiger partial charge in [-0.15, -0.1) is 0 Å². The van der Waals surface area contributed by atoms with E-state index in [4.69, 9.17) is 16.0 Å². The molecule has 142 valence electrons. The van der Waals surface area contributed by atoms with Gasteiger partial charge in [-0.3, -0.25) is 14.5 Å². The molecule has 5 rings (SSSR count). The molecule has 0 spiro atoms. The number of nitrogens with zero attached hydrogens (tertiary/aromatic N) is 3. The van der Waals surface area contributed by atoms with E-state index in [0.29, 0.717) is 10.6 Å². The van der Waals surface area contributed by atoms with Gasteiger partial charge < -0.3 is 4.42 Å². The van der Waals surface area contributed by atoms with Crippen molar-refractivity contribution in [3.05, 3.63) is 98.9 Å². The van der Waals surface area contributed by atoms with Crippen LogP contribution in [-0.2, 0) is 0 Å². The highest BCUT2D eigenvalue weighted by atomic mass is 35.5. The standard InChI is InChI=1S/C21H11ClFN3O3/c22-12-4-1-3-11(9-12)17-16-18(27)14-10-13(23)5-6-15(14)29-19(16)20(28)26(17)21-24-7-2-8-25-21/h1-10,17H. The summed E-state index contributed by atoms with van der Waals surface area (Å²) in [7, 11) is 0. The Morgan fingerprint density at radius 3 is 2.59 bits per heavy atom. The van der Waals surface area contributed by atoms with Crippen molar-refractivity contribution in [2.75, 3.05) is 4.90 Å². The number of aromatic nitrogens is 2. The molecule has 1 aliphatic heterocycles. The maximum atomic E-state index is 13.8. The second kappa shape index (κ2) is 6.49. The molecular formula is C21H11ClFN3O3. The summed E-state index contributed by atoms with van der Waals surface area (Å²) in [6.45, 7) is 0. The van der Waals surface area contributed by atoms with Gasteiger partial charge in [0.15, 0.2) is 5.43 Å². The van der Waals surface area contributed by atoms with Gasteiger partial charge in [0.1, 0.15) is 11.4 Å². The molecule has 0 N–H and O–H groups in total. The fraction of sp³-hybridized carbons (Fsp3) is 0.0476. The molecule has 0 radical (unpaired) electrons. The highest BCUT2D eigenvalue weighted by Crippen LogP contribution is 2.40. The fourth-order valence-corrected chi connectivity index (χ4v) is 3.76. The number of carbonyl (C=O) groups excluding carboxylic acids is 1. The van der Waals surface area contributed by atoms with Gasteiger partial charge >= 0.3 is 0 Å². The molecule has 29 heavy (non-hydrogen) atoms. The van der Waals surface area contributed by atoms with Crippen LogP contribution in [0.4, 0.5) is 10.3 Å². The smallest absolute Gasteiger partial charge is 0.297 e. The molecule has 2 aromatic heterocycles. The van der Waals surface area contributed by atoms with E-state index >= 15 is 0 Å². The van der Waals surface area contributed by atoms with Gasteiger partial charge in [-0.2, -0.15) is 0 Å². The SMILES string of the molecule is O=C1c2oc3ccc(F)cc3c(=O)c2C(c2cccc(Cl)c2)N1c1ncccn1. The molecule has 3 heterocycles. The zero-order chi connectivity index (χ0) is 20.1. The lowest BCUT2D eigenvalue weighted by molar-refractivity contribution is 0.0969. The molecule has 4 aromatic rings. The van der Waals surface area contributed by atoms with Crippen molar-refractivity contribution in [3.8, 4) is 0 Å². The first-order valence-electron chi connectivity index (χ1n) is 8.67. The third kappa shape index (κ3) is 2.70. The van der Waals surface area contributed by atoms with E-state index in [-0.39, 0.29) is 28.2 Å². The van der Waals surface area contributed by atoms with Crippen LogP contribution < -0.4 is 10.3 Å². The molecule has 0 bridgehead atoms. The Morgan fingerprint density at radius 1 is 1.03 bits per heavy atom. The number of hydrogen-bond donors (Lipinski definition) is 0. The summed E-state index contributed by atoms with van der Waals surface area (Å²) >= 11 is 6.15. The van der Waals surface area contributed by atoms with Crippen LogP contribution in [0, 0.1) is 5.82 Å². The lowest BCUT2D eigenvalue weighted by Gasteiger charge is -2.23. The van der Waals surface area contributed by atoms with Gasteiger partial charge in [-0.1, -0.05) is 23.7 Å².